The molecule has 0 fully saturated rings. The van der Waals surface area contributed by atoms with E-state index in [0.717, 1.165) is 6.61 Å². The fraction of sp³-hybridized carbons (Fsp3) is 1.00. The van der Waals surface area contributed by atoms with Gasteiger partial charge in [-0.1, -0.05) is 39.0 Å². The Bertz CT molecular complexity index is 214. The molecular weight excluding hydrogens is 280 g/mol. The van der Waals surface area contributed by atoms with Gasteiger partial charge in [0.1, 0.15) is 0 Å². The first-order valence-corrected chi connectivity index (χ1v) is 8.93. The van der Waals surface area contributed by atoms with Crippen LogP contribution in [-0.2, 0) is 18.9 Å². The first-order chi connectivity index (χ1) is 10.6. The zero-order valence-corrected chi connectivity index (χ0v) is 15.3. The normalized spacial score (nSPS) is 12.0. The van der Waals surface area contributed by atoms with Crippen molar-refractivity contribution in [3.63, 3.8) is 0 Å². The molecule has 0 heterocycles. The van der Waals surface area contributed by atoms with Gasteiger partial charge in [0.05, 0.1) is 45.2 Å². The van der Waals surface area contributed by atoms with E-state index in [0.29, 0.717) is 39.6 Å². The van der Waals surface area contributed by atoms with Gasteiger partial charge in [-0.05, 0) is 27.2 Å². The number of hydrogen-bond acceptors (Lipinski definition) is 4. The number of hydrogen-bond donors (Lipinski definition) is 0. The monoisotopic (exact) mass is 318 g/mol. The lowest BCUT2D eigenvalue weighted by molar-refractivity contribution is -0.0450. The molecule has 4 heteroatoms. The second kappa shape index (κ2) is 15.7. The highest BCUT2D eigenvalue weighted by atomic mass is 16.6. The van der Waals surface area contributed by atoms with Gasteiger partial charge in [0.15, 0.2) is 0 Å². The Morgan fingerprint density at radius 3 is 1.55 bits per heavy atom. The van der Waals surface area contributed by atoms with Crippen LogP contribution in [0, 0.1) is 0 Å². The average molecular weight is 318 g/mol. The predicted octanol–water partition coefficient (Wildman–Crippen LogP) is 4.21. The Kier molecular flexibility index (Phi) is 15.6. The Morgan fingerprint density at radius 1 is 0.545 bits per heavy atom. The van der Waals surface area contributed by atoms with Crippen molar-refractivity contribution in [3.8, 4) is 0 Å². The van der Waals surface area contributed by atoms with Crippen LogP contribution in [0.15, 0.2) is 0 Å². The maximum Gasteiger partial charge on any atom is 0.0707 e. The lowest BCUT2D eigenvalue weighted by Crippen LogP contribution is -2.22. The third-order valence-corrected chi connectivity index (χ3v) is 3.15. The lowest BCUT2D eigenvalue weighted by atomic mass is 10.1. The summed E-state index contributed by atoms with van der Waals surface area (Å²) >= 11 is 0. The first kappa shape index (κ1) is 21.8. The van der Waals surface area contributed by atoms with Gasteiger partial charge < -0.3 is 18.9 Å². The summed E-state index contributed by atoms with van der Waals surface area (Å²) in [5, 5.41) is 0. The summed E-state index contributed by atoms with van der Waals surface area (Å²) in [6.45, 7) is 13.1. The van der Waals surface area contributed by atoms with Gasteiger partial charge in [-0.25, -0.2) is 0 Å². The molecule has 0 radical (unpaired) electrons. The van der Waals surface area contributed by atoms with Gasteiger partial charge >= 0.3 is 0 Å². The Balaban J connectivity index is 3.00. The number of ether oxygens (including phenoxy) is 4. The highest BCUT2D eigenvalue weighted by molar-refractivity contribution is 4.57. The van der Waals surface area contributed by atoms with Crippen LogP contribution < -0.4 is 0 Å². The minimum absolute atomic E-state index is 0.0901. The largest absolute Gasteiger partial charge is 0.379 e. The topological polar surface area (TPSA) is 36.9 Å². The van der Waals surface area contributed by atoms with E-state index >= 15 is 0 Å². The van der Waals surface area contributed by atoms with Crippen LogP contribution in [-0.4, -0.2) is 51.8 Å². The fourth-order valence-corrected chi connectivity index (χ4v) is 1.93. The van der Waals surface area contributed by atoms with Crippen LogP contribution in [0.5, 0.6) is 0 Å². The molecule has 0 rings (SSSR count). The molecule has 134 valence electrons. The Hall–Kier alpha value is -0.160. The van der Waals surface area contributed by atoms with Gasteiger partial charge in [0.25, 0.3) is 0 Å². The van der Waals surface area contributed by atoms with E-state index in [4.69, 9.17) is 18.9 Å². The smallest absolute Gasteiger partial charge is 0.0707 e. The molecule has 0 bridgehead atoms. The van der Waals surface area contributed by atoms with E-state index in [1.807, 2.05) is 20.8 Å². The van der Waals surface area contributed by atoms with Crippen LogP contribution >= 0.6 is 0 Å². The Labute approximate surface area is 137 Å². The molecule has 0 amide bonds. The Morgan fingerprint density at radius 2 is 1.00 bits per heavy atom. The van der Waals surface area contributed by atoms with Gasteiger partial charge in [0.2, 0.25) is 0 Å². The van der Waals surface area contributed by atoms with Crippen LogP contribution in [0.25, 0.3) is 0 Å². The zero-order valence-electron chi connectivity index (χ0n) is 15.3. The summed E-state index contributed by atoms with van der Waals surface area (Å²) in [4.78, 5) is 0. The number of unbranched alkanes of at least 4 members (excludes halogenated alkanes) is 5. The molecule has 0 aliphatic rings. The van der Waals surface area contributed by atoms with Crippen molar-refractivity contribution in [1.29, 1.82) is 0 Å². The third kappa shape index (κ3) is 19.8. The molecule has 0 aliphatic heterocycles. The summed E-state index contributed by atoms with van der Waals surface area (Å²) in [6, 6.07) is 0. The van der Waals surface area contributed by atoms with Crippen molar-refractivity contribution in [2.45, 2.75) is 71.8 Å². The summed E-state index contributed by atoms with van der Waals surface area (Å²) < 4.78 is 22.0. The molecular formula is C18H38O4. The van der Waals surface area contributed by atoms with E-state index in [2.05, 4.69) is 6.92 Å². The maximum atomic E-state index is 5.56. The standard InChI is InChI=1S/C18H38O4/c1-5-6-7-8-9-10-11-19-12-13-20-14-15-21-16-17-22-18(2,3)4/h5-17H2,1-4H3. The van der Waals surface area contributed by atoms with Crippen molar-refractivity contribution in [1.82, 2.24) is 0 Å². The molecule has 0 unspecified atom stereocenters. The van der Waals surface area contributed by atoms with Crippen molar-refractivity contribution in [2.75, 3.05) is 46.2 Å². The van der Waals surface area contributed by atoms with Crippen LogP contribution in [0.4, 0.5) is 0 Å². The SMILES string of the molecule is CCCCCCCCOCCOCCOCCOC(C)(C)C. The first-order valence-electron chi connectivity index (χ1n) is 8.93. The van der Waals surface area contributed by atoms with Crippen molar-refractivity contribution in [2.24, 2.45) is 0 Å². The van der Waals surface area contributed by atoms with Crippen molar-refractivity contribution < 1.29 is 18.9 Å². The lowest BCUT2D eigenvalue weighted by Gasteiger charge is -2.19. The molecule has 0 atom stereocenters. The third-order valence-electron chi connectivity index (χ3n) is 3.15. The zero-order chi connectivity index (χ0) is 16.5. The number of rotatable bonds is 16. The van der Waals surface area contributed by atoms with Crippen LogP contribution in [0.1, 0.15) is 66.2 Å². The van der Waals surface area contributed by atoms with E-state index in [1.165, 1.54) is 38.5 Å². The molecule has 0 spiro atoms. The molecule has 0 N–H and O–H groups in total. The van der Waals surface area contributed by atoms with Gasteiger partial charge in [-0.2, -0.15) is 0 Å². The minimum atomic E-state index is -0.0901. The van der Waals surface area contributed by atoms with Crippen molar-refractivity contribution in [3.05, 3.63) is 0 Å². The molecule has 22 heavy (non-hydrogen) atoms. The molecule has 0 aromatic heterocycles. The summed E-state index contributed by atoms with van der Waals surface area (Å²) in [7, 11) is 0. The molecule has 0 saturated heterocycles. The van der Waals surface area contributed by atoms with E-state index in [1.54, 1.807) is 0 Å². The molecule has 0 aromatic carbocycles. The second-order valence-electron chi connectivity index (χ2n) is 6.57. The van der Waals surface area contributed by atoms with Gasteiger partial charge in [0, 0.05) is 6.61 Å². The highest BCUT2D eigenvalue weighted by Gasteiger charge is 2.08. The second-order valence-corrected chi connectivity index (χ2v) is 6.57. The van der Waals surface area contributed by atoms with Gasteiger partial charge in [-0.3, -0.25) is 0 Å². The predicted molar refractivity (Wildman–Crippen MR) is 91.5 cm³/mol. The summed E-state index contributed by atoms with van der Waals surface area (Å²) in [5.74, 6) is 0. The highest BCUT2D eigenvalue weighted by Crippen LogP contribution is 2.05. The molecule has 0 aromatic rings. The van der Waals surface area contributed by atoms with Crippen molar-refractivity contribution >= 4 is 0 Å². The average Bonchev–Trinajstić information content (AvgIpc) is 2.45. The van der Waals surface area contributed by atoms with Crippen LogP contribution in [0.3, 0.4) is 0 Å². The fourth-order valence-electron chi connectivity index (χ4n) is 1.93. The molecule has 0 aliphatic carbocycles. The van der Waals surface area contributed by atoms with Crippen LogP contribution in [0.2, 0.25) is 0 Å². The summed E-state index contributed by atoms with van der Waals surface area (Å²) in [6.07, 6.45) is 7.82. The van der Waals surface area contributed by atoms with E-state index in [-0.39, 0.29) is 5.60 Å². The summed E-state index contributed by atoms with van der Waals surface area (Å²) in [5.41, 5.74) is -0.0901. The molecule has 0 saturated carbocycles. The quantitative estimate of drug-likeness (QED) is 0.399. The van der Waals surface area contributed by atoms with E-state index < -0.39 is 0 Å². The molecule has 4 nitrogen and oxygen atoms in total. The minimum Gasteiger partial charge on any atom is -0.379 e. The van der Waals surface area contributed by atoms with Gasteiger partial charge in [-0.15, -0.1) is 0 Å². The van der Waals surface area contributed by atoms with E-state index in [9.17, 15) is 0 Å². The maximum absolute atomic E-state index is 5.56.